The van der Waals surface area contributed by atoms with Crippen molar-refractivity contribution in [2.75, 3.05) is 13.2 Å². The molecular weight excluding hydrogens is 288 g/mol. The van der Waals surface area contributed by atoms with Crippen molar-refractivity contribution in [1.82, 2.24) is 9.88 Å². The molecule has 2 aromatic rings. The Morgan fingerprint density at radius 3 is 3.00 bits per heavy atom. The average Bonchev–Trinajstić information content (AvgIpc) is 2.58. The minimum atomic E-state index is -0.271. The van der Waals surface area contributed by atoms with Crippen molar-refractivity contribution in [2.24, 2.45) is 0 Å². The molecule has 1 atom stereocenters. The fraction of sp³-hybridized carbons (Fsp3) is 0.263. The number of nitrogens with zero attached hydrogens (tertiary/aromatic N) is 2. The number of amides is 1. The van der Waals surface area contributed by atoms with Crippen LogP contribution in [-0.4, -0.2) is 34.0 Å². The summed E-state index contributed by atoms with van der Waals surface area (Å²) in [5.41, 5.74) is 4.21. The smallest absolute Gasteiger partial charge is 0.247 e. The van der Waals surface area contributed by atoms with Crippen molar-refractivity contribution in [3.63, 3.8) is 0 Å². The van der Waals surface area contributed by atoms with E-state index in [0.29, 0.717) is 6.54 Å². The molecule has 1 aromatic heterocycles. The Balaban J connectivity index is 1.80. The van der Waals surface area contributed by atoms with Gasteiger partial charge in [0.2, 0.25) is 5.91 Å². The topological polar surface area (TPSA) is 53.4 Å². The number of fused-ring (bicyclic) bond motifs is 1. The molecule has 118 valence electrons. The third kappa shape index (κ3) is 3.32. The molecule has 0 radical (unpaired) electrons. The minimum absolute atomic E-state index is 0.0669. The molecule has 1 aromatic carbocycles. The molecule has 1 N–H and O–H groups in total. The number of hydrogen-bond donors (Lipinski definition) is 1. The standard InChI is InChI=1S/C19H20N2O2/c1-14-10-15(12-20-11-14)6-7-19(23)21-9-8-16-4-2-3-5-17(16)18(21)13-22/h2-7,10-12,18,22H,8-9,13H2,1H3. The summed E-state index contributed by atoms with van der Waals surface area (Å²) in [6.07, 6.45) is 7.66. The highest BCUT2D eigenvalue weighted by atomic mass is 16.3. The maximum absolute atomic E-state index is 12.5. The zero-order chi connectivity index (χ0) is 16.2. The predicted octanol–water partition coefficient (Wildman–Crippen LogP) is 2.52. The molecule has 0 fully saturated rings. The van der Waals surface area contributed by atoms with Crippen molar-refractivity contribution in [2.45, 2.75) is 19.4 Å². The summed E-state index contributed by atoms with van der Waals surface area (Å²) in [4.78, 5) is 18.4. The molecule has 1 amide bonds. The lowest BCUT2D eigenvalue weighted by atomic mass is 9.93. The Kier molecular flexibility index (Phi) is 4.53. The van der Waals surface area contributed by atoms with E-state index in [1.807, 2.05) is 31.2 Å². The van der Waals surface area contributed by atoms with E-state index in [0.717, 1.165) is 23.1 Å². The van der Waals surface area contributed by atoms with Gasteiger partial charge in [0, 0.05) is 25.0 Å². The number of aliphatic hydroxyl groups excluding tert-OH is 1. The molecule has 23 heavy (non-hydrogen) atoms. The van der Waals surface area contributed by atoms with Crippen LogP contribution >= 0.6 is 0 Å². The van der Waals surface area contributed by atoms with Gasteiger partial charge in [-0.05, 0) is 47.7 Å². The summed E-state index contributed by atoms with van der Waals surface area (Å²) in [7, 11) is 0. The van der Waals surface area contributed by atoms with Gasteiger partial charge in [0.15, 0.2) is 0 Å². The highest BCUT2D eigenvalue weighted by molar-refractivity contribution is 5.92. The number of benzene rings is 1. The van der Waals surface area contributed by atoms with Gasteiger partial charge in [0.25, 0.3) is 0 Å². The summed E-state index contributed by atoms with van der Waals surface area (Å²) < 4.78 is 0. The van der Waals surface area contributed by atoms with E-state index in [-0.39, 0.29) is 18.6 Å². The number of carbonyl (C=O) groups is 1. The lowest BCUT2D eigenvalue weighted by Gasteiger charge is -2.35. The summed E-state index contributed by atoms with van der Waals surface area (Å²) in [5.74, 6) is -0.0833. The number of carbonyl (C=O) groups excluding carboxylic acids is 1. The van der Waals surface area contributed by atoms with Gasteiger partial charge < -0.3 is 10.0 Å². The number of aryl methyl sites for hydroxylation is 1. The Morgan fingerprint density at radius 2 is 2.22 bits per heavy atom. The van der Waals surface area contributed by atoms with Crippen LogP contribution in [-0.2, 0) is 11.2 Å². The quantitative estimate of drug-likeness (QED) is 0.887. The predicted molar refractivity (Wildman–Crippen MR) is 89.7 cm³/mol. The monoisotopic (exact) mass is 308 g/mol. The second-order valence-electron chi connectivity index (χ2n) is 5.81. The van der Waals surface area contributed by atoms with Crippen LogP contribution in [0, 0.1) is 6.92 Å². The number of rotatable bonds is 3. The number of hydrogen-bond acceptors (Lipinski definition) is 3. The van der Waals surface area contributed by atoms with Gasteiger partial charge in [-0.25, -0.2) is 0 Å². The van der Waals surface area contributed by atoms with E-state index in [9.17, 15) is 9.90 Å². The molecule has 0 aliphatic carbocycles. The minimum Gasteiger partial charge on any atom is -0.394 e. The second kappa shape index (κ2) is 6.75. The number of aliphatic hydroxyl groups is 1. The summed E-state index contributed by atoms with van der Waals surface area (Å²) in [6, 6.07) is 9.70. The van der Waals surface area contributed by atoms with Crippen LogP contribution in [0.3, 0.4) is 0 Å². The first-order valence-electron chi connectivity index (χ1n) is 7.78. The van der Waals surface area contributed by atoms with Crippen LogP contribution in [0.15, 0.2) is 48.8 Å². The van der Waals surface area contributed by atoms with Crippen molar-refractivity contribution < 1.29 is 9.90 Å². The van der Waals surface area contributed by atoms with E-state index in [1.54, 1.807) is 29.4 Å². The molecule has 4 nitrogen and oxygen atoms in total. The molecule has 0 spiro atoms. The number of pyridine rings is 1. The fourth-order valence-corrected chi connectivity index (χ4v) is 3.04. The molecule has 1 unspecified atom stereocenters. The van der Waals surface area contributed by atoms with E-state index < -0.39 is 0 Å². The molecule has 1 aliphatic rings. The Labute approximate surface area is 136 Å². The lowest BCUT2D eigenvalue weighted by molar-refractivity contribution is -0.129. The SMILES string of the molecule is Cc1cncc(C=CC(=O)N2CCc3ccccc3C2CO)c1. The van der Waals surface area contributed by atoms with Gasteiger partial charge in [0.05, 0.1) is 12.6 Å². The van der Waals surface area contributed by atoms with Gasteiger partial charge in [-0.2, -0.15) is 0 Å². The number of aromatic nitrogens is 1. The van der Waals surface area contributed by atoms with Crippen molar-refractivity contribution in [1.29, 1.82) is 0 Å². The summed E-state index contributed by atoms with van der Waals surface area (Å²) >= 11 is 0. The third-order valence-corrected chi connectivity index (χ3v) is 4.18. The Hall–Kier alpha value is -2.46. The molecule has 0 saturated carbocycles. The van der Waals surface area contributed by atoms with Crippen molar-refractivity contribution >= 4 is 12.0 Å². The van der Waals surface area contributed by atoms with Gasteiger partial charge >= 0.3 is 0 Å². The Morgan fingerprint density at radius 1 is 1.39 bits per heavy atom. The maximum atomic E-state index is 12.5. The largest absolute Gasteiger partial charge is 0.394 e. The van der Waals surface area contributed by atoms with Crippen molar-refractivity contribution in [3.05, 3.63) is 71.1 Å². The van der Waals surface area contributed by atoms with Crippen LogP contribution in [0.25, 0.3) is 6.08 Å². The van der Waals surface area contributed by atoms with E-state index in [2.05, 4.69) is 11.1 Å². The molecule has 4 heteroatoms. The van der Waals surface area contributed by atoms with E-state index >= 15 is 0 Å². The first-order valence-corrected chi connectivity index (χ1v) is 7.78. The third-order valence-electron chi connectivity index (χ3n) is 4.18. The van der Waals surface area contributed by atoms with Crippen LogP contribution in [0.2, 0.25) is 0 Å². The van der Waals surface area contributed by atoms with Gasteiger partial charge in [-0.1, -0.05) is 24.3 Å². The zero-order valence-electron chi connectivity index (χ0n) is 13.1. The first kappa shape index (κ1) is 15.4. The van der Waals surface area contributed by atoms with Gasteiger partial charge in [-0.15, -0.1) is 0 Å². The highest BCUT2D eigenvalue weighted by Crippen LogP contribution is 2.29. The second-order valence-corrected chi connectivity index (χ2v) is 5.81. The van der Waals surface area contributed by atoms with Gasteiger partial charge in [0.1, 0.15) is 0 Å². The fourth-order valence-electron chi connectivity index (χ4n) is 3.04. The maximum Gasteiger partial charge on any atom is 0.247 e. The van der Waals surface area contributed by atoms with Crippen LogP contribution in [0.4, 0.5) is 0 Å². The first-order chi connectivity index (χ1) is 11.2. The summed E-state index contributed by atoms with van der Waals surface area (Å²) in [5, 5.41) is 9.75. The normalized spacial score (nSPS) is 17.3. The van der Waals surface area contributed by atoms with Gasteiger partial charge in [-0.3, -0.25) is 9.78 Å². The molecule has 0 saturated heterocycles. The zero-order valence-corrected chi connectivity index (χ0v) is 13.1. The molecule has 3 rings (SSSR count). The van der Waals surface area contributed by atoms with Crippen LogP contribution < -0.4 is 0 Å². The van der Waals surface area contributed by atoms with Crippen LogP contribution in [0.1, 0.15) is 28.3 Å². The molecule has 2 heterocycles. The molecular formula is C19H20N2O2. The summed E-state index contributed by atoms with van der Waals surface area (Å²) in [6.45, 7) is 2.52. The lowest BCUT2D eigenvalue weighted by Crippen LogP contribution is -2.40. The highest BCUT2D eigenvalue weighted by Gasteiger charge is 2.28. The molecule has 0 bridgehead atoms. The average molecular weight is 308 g/mol. The Bertz CT molecular complexity index is 740. The van der Waals surface area contributed by atoms with Crippen LogP contribution in [0.5, 0.6) is 0 Å². The molecule has 1 aliphatic heterocycles. The van der Waals surface area contributed by atoms with E-state index in [4.69, 9.17) is 0 Å². The van der Waals surface area contributed by atoms with Crippen molar-refractivity contribution in [3.8, 4) is 0 Å². The van der Waals surface area contributed by atoms with E-state index in [1.165, 1.54) is 5.56 Å².